The Bertz CT molecular complexity index is 1350. The van der Waals surface area contributed by atoms with E-state index < -0.39 is 14.9 Å². The van der Waals surface area contributed by atoms with E-state index in [1.165, 1.54) is 12.1 Å². The van der Waals surface area contributed by atoms with Crippen molar-refractivity contribution in [1.82, 2.24) is 5.32 Å². The Kier molecular flexibility index (Phi) is 8.73. The third kappa shape index (κ3) is 7.09. The minimum atomic E-state index is -3.82. The second-order valence-corrected chi connectivity index (χ2v) is 9.96. The molecule has 0 bridgehead atoms. The van der Waals surface area contributed by atoms with Crippen molar-refractivity contribution in [2.75, 3.05) is 30.8 Å². The molecule has 0 unspecified atom stereocenters. The largest absolute Gasteiger partial charge is 0.497 e. The van der Waals surface area contributed by atoms with Crippen molar-refractivity contribution in [1.29, 1.82) is 0 Å². The number of sulfonamides is 1. The predicted molar refractivity (Wildman–Crippen MR) is 136 cm³/mol. The molecule has 10 nitrogen and oxygen atoms in total. The van der Waals surface area contributed by atoms with E-state index in [9.17, 15) is 23.3 Å². The highest BCUT2D eigenvalue weighted by molar-refractivity contribution is 7.92. The van der Waals surface area contributed by atoms with Gasteiger partial charge in [-0.15, -0.1) is 0 Å². The lowest BCUT2D eigenvalue weighted by Gasteiger charge is -2.23. The number of halogens is 1. The van der Waals surface area contributed by atoms with Gasteiger partial charge >= 0.3 is 0 Å². The maximum absolute atomic E-state index is 12.4. The molecule has 0 aromatic heterocycles. The highest BCUT2D eigenvalue weighted by Crippen LogP contribution is 2.32. The number of methoxy groups -OCH3 is 1. The van der Waals surface area contributed by atoms with E-state index in [0.717, 1.165) is 16.6 Å². The number of nitro groups is 1. The van der Waals surface area contributed by atoms with Crippen molar-refractivity contribution in [3.63, 3.8) is 0 Å². The van der Waals surface area contributed by atoms with E-state index in [1.54, 1.807) is 55.6 Å². The highest BCUT2D eigenvalue weighted by atomic mass is 35.5. The minimum absolute atomic E-state index is 0.00813. The van der Waals surface area contributed by atoms with Crippen LogP contribution in [0, 0.1) is 10.1 Å². The molecule has 0 radical (unpaired) electrons. The topological polar surface area (TPSA) is 128 Å². The molecule has 0 heterocycles. The average Bonchev–Trinajstić information content (AvgIpc) is 2.85. The number of benzene rings is 3. The Morgan fingerprint density at radius 3 is 2.42 bits per heavy atom. The summed E-state index contributed by atoms with van der Waals surface area (Å²) in [4.78, 5) is 22.9. The summed E-state index contributed by atoms with van der Waals surface area (Å²) >= 11 is 6.15. The van der Waals surface area contributed by atoms with Gasteiger partial charge in [0.1, 0.15) is 18.1 Å². The number of carbonyl (C=O) groups is 1. The number of nitrogens with one attached hydrogen (secondary N) is 1. The quantitative estimate of drug-likeness (QED) is 0.224. The van der Waals surface area contributed by atoms with Gasteiger partial charge in [0, 0.05) is 23.8 Å². The average molecular weight is 534 g/mol. The zero-order valence-electron chi connectivity index (χ0n) is 19.5. The Balaban J connectivity index is 1.63. The summed E-state index contributed by atoms with van der Waals surface area (Å²) in [6.07, 6.45) is 0.984. The van der Waals surface area contributed by atoms with E-state index in [1.807, 2.05) is 0 Å². The number of amides is 1. The van der Waals surface area contributed by atoms with Gasteiger partial charge in [0.2, 0.25) is 10.0 Å². The van der Waals surface area contributed by atoms with Crippen LogP contribution in [0.4, 0.5) is 11.4 Å². The molecule has 0 aliphatic heterocycles. The summed E-state index contributed by atoms with van der Waals surface area (Å²) in [7, 11) is -2.26. The standard InChI is InChI=1S/C24H24ClN3O7S/c1-34-20-4-3-5-21(15-20)35-13-12-26-24(29)18-8-6-17(7-9-18)16-27(36(2,32)33)23-14-19(28(30)31)10-11-22(23)25/h3-11,14-15H,12-13,16H2,1-2H3,(H,26,29). The van der Waals surface area contributed by atoms with Gasteiger partial charge in [-0.25, -0.2) is 8.42 Å². The molecule has 1 N–H and O–H groups in total. The number of ether oxygens (including phenoxy) is 2. The minimum Gasteiger partial charge on any atom is -0.497 e. The van der Waals surface area contributed by atoms with E-state index in [0.29, 0.717) is 22.6 Å². The molecule has 0 aliphatic rings. The van der Waals surface area contributed by atoms with Crippen molar-refractivity contribution < 1.29 is 27.6 Å². The van der Waals surface area contributed by atoms with Gasteiger partial charge in [-0.3, -0.25) is 19.2 Å². The van der Waals surface area contributed by atoms with Crippen molar-refractivity contribution in [3.8, 4) is 11.5 Å². The van der Waals surface area contributed by atoms with Gasteiger partial charge in [0.15, 0.2) is 0 Å². The Labute approximate surface area is 213 Å². The first kappa shape index (κ1) is 26.8. The summed E-state index contributed by atoms with van der Waals surface area (Å²) < 4.78 is 36.6. The summed E-state index contributed by atoms with van der Waals surface area (Å²) in [6, 6.07) is 17.0. The van der Waals surface area contributed by atoms with Crippen molar-refractivity contribution in [3.05, 3.63) is 93.0 Å². The van der Waals surface area contributed by atoms with Gasteiger partial charge in [0.05, 0.1) is 42.1 Å². The molecule has 12 heteroatoms. The third-order valence-corrected chi connectivity index (χ3v) is 6.50. The van der Waals surface area contributed by atoms with Crippen LogP contribution in [0.2, 0.25) is 5.02 Å². The molecule has 0 saturated heterocycles. The van der Waals surface area contributed by atoms with Gasteiger partial charge in [0.25, 0.3) is 11.6 Å². The normalized spacial score (nSPS) is 11.0. The van der Waals surface area contributed by atoms with Crippen LogP contribution in [0.15, 0.2) is 66.7 Å². The smallest absolute Gasteiger partial charge is 0.271 e. The number of anilines is 1. The number of hydrogen-bond acceptors (Lipinski definition) is 7. The molecule has 0 saturated carbocycles. The van der Waals surface area contributed by atoms with Gasteiger partial charge < -0.3 is 14.8 Å². The molecular formula is C24H24ClN3O7S. The maximum Gasteiger partial charge on any atom is 0.271 e. The number of hydrogen-bond donors (Lipinski definition) is 1. The zero-order valence-corrected chi connectivity index (χ0v) is 21.1. The number of rotatable bonds is 11. The molecule has 3 rings (SSSR count). The first-order chi connectivity index (χ1) is 17.1. The fourth-order valence-corrected chi connectivity index (χ4v) is 4.40. The van der Waals surface area contributed by atoms with Crippen LogP contribution >= 0.6 is 11.6 Å². The molecule has 1 amide bonds. The lowest BCUT2D eigenvalue weighted by atomic mass is 10.1. The van der Waals surface area contributed by atoms with Crippen molar-refractivity contribution >= 4 is 38.9 Å². The van der Waals surface area contributed by atoms with Crippen LogP contribution in [-0.4, -0.2) is 45.8 Å². The summed E-state index contributed by atoms with van der Waals surface area (Å²) in [5.74, 6) is 0.962. The second-order valence-electron chi connectivity index (χ2n) is 7.64. The summed E-state index contributed by atoms with van der Waals surface area (Å²) in [5, 5.41) is 13.9. The number of carbonyl (C=O) groups excluding carboxylic acids is 1. The van der Waals surface area contributed by atoms with E-state index >= 15 is 0 Å². The molecule has 190 valence electrons. The third-order valence-electron chi connectivity index (χ3n) is 5.05. The Morgan fingerprint density at radius 2 is 1.78 bits per heavy atom. The molecule has 0 spiro atoms. The van der Waals surface area contributed by atoms with Crippen LogP contribution in [0.5, 0.6) is 11.5 Å². The summed E-state index contributed by atoms with van der Waals surface area (Å²) in [6.45, 7) is 0.394. The number of nitrogens with zero attached hydrogens (tertiary/aromatic N) is 2. The first-order valence-electron chi connectivity index (χ1n) is 10.6. The lowest BCUT2D eigenvalue weighted by Crippen LogP contribution is -2.30. The van der Waals surface area contributed by atoms with E-state index in [4.69, 9.17) is 21.1 Å². The van der Waals surface area contributed by atoms with E-state index in [-0.39, 0.29) is 42.0 Å². The van der Waals surface area contributed by atoms with Crippen LogP contribution in [-0.2, 0) is 16.6 Å². The molecular weight excluding hydrogens is 510 g/mol. The molecule has 0 fully saturated rings. The monoisotopic (exact) mass is 533 g/mol. The second kappa shape index (κ2) is 11.7. The molecule has 3 aromatic carbocycles. The zero-order chi connectivity index (χ0) is 26.3. The highest BCUT2D eigenvalue weighted by Gasteiger charge is 2.23. The van der Waals surface area contributed by atoms with Crippen molar-refractivity contribution in [2.45, 2.75) is 6.54 Å². The fraction of sp³-hybridized carbons (Fsp3) is 0.208. The molecule has 36 heavy (non-hydrogen) atoms. The molecule has 3 aromatic rings. The van der Waals surface area contributed by atoms with Gasteiger partial charge in [-0.1, -0.05) is 29.8 Å². The van der Waals surface area contributed by atoms with Crippen LogP contribution in [0.1, 0.15) is 15.9 Å². The van der Waals surface area contributed by atoms with E-state index in [2.05, 4.69) is 5.32 Å². The fourth-order valence-electron chi connectivity index (χ4n) is 3.24. The van der Waals surface area contributed by atoms with Gasteiger partial charge in [-0.2, -0.15) is 0 Å². The first-order valence-corrected chi connectivity index (χ1v) is 12.9. The van der Waals surface area contributed by atoms with Crippen LogP contribution in [0.25, 0.3) is 0 Å². The SMILES string of the molecule is COc1cccc(OCCNC(=O)c2ccc(CN(c3cc([N+](=O)[O-])ccc3Cl)S(C)(=O)=O)cc2)c1. The van der Waals surface area contributed by atoms with Crippen LogP contribution in [0.3, 0.4) is 0 Å². The van der Waals surface area contributed by atoms with Crippen molar-refractivity contribution in [2.24, 2.45) is 0 Å². The lowest BCUT2D eigenvalue weighted by molar-refractivity contribution is -0.384. The Hall–Kier alpha value is -3.83. The summed E-state index contributed by atoms with van der Waals surface area (Å²) in [5.41, 5.74) is 0.636. The number of non-ortho nitro benzene ring substituents is 1. The van der Waals surface area contributed by atoms with Crippen LogP contribution < -0.4 is 19.1 Å². The molecule has 0 aliphatic carbocycles. The maximum atomic E-state index is 12.4. The van der Waals surface area contributed by atoms with Gasteiger partial charge in [-0.05, 0) is 35.9 Å². The molecule has 0 atom stereocenters. The Morgan fingerprint density at radius 1 is 1.08 bits per heavy atom. The number of nitro benzene ring substituents is 1. The predicted octanol–water partition coefficient (Wildman–Crippen LogP) is 4.03.